The molecule has 1 saturated carbocycles. The van der Waals surface area contributed by atoms with Gasteiger partial charge in [0.25, 0.3) is 0 Å². The molecule has 1 atom stereocenters. The van der Waals surface area contributed by atoms with Gasteiger partial charge in [0, 0.05) is 11.9 Å². The Hall–Kier alpha value is -1.26. The molecular weight excluding hydrogens is 272 g/mol. The summed E-state index contributed by atoms with van der Waals surface area (Å²) in [5.41, 5.74) is 3.13. The highest BCUT2D eigenvalue weighted by Crippen LogP contribution is 2.51. The van der Waals surface area contributed by atoms with Gasteiger partial charge in [-0.2, -0.15) is 0 Å². The summed E-state index contributed by atoms with van der Waals surface area (Å²) in [6.45, 7) is 0. The molecule has 2 aromatic rings. The molecule has 0 spiro atoms. The van der Waals surface area contributed by atoms with E-state index in [-0.39, 0.29) is 0 Å². The predicted octanol–water partition coefficient (Wildman–Crippen LogP) is 4.23. The Morgan fingerprint density at radius 2 is 2.05 bits per heavy atom. The molecular formula is C15H13N2S2. The van der Waals surface area contributed by atoms with Crippen molar-refractivity contribution in [3.05, 3.63) is 53.1 Å². The number of thioether (sulfide) groups is 1. The first-order valence-corrected chi connectivity index (χ1v) is 8.21. The molecule has 1 fully saturated rings. The van der Waals surface area contributed by atoms with Crippen LogP contribution in [0.1, 0.15) is 17.7 Å². The molecule has 0 bridgehead atoms. The van der Waals surface area contributed by atoms with Crippen LogP contribution >= 0.6 is 23.1 Å². The highest BCUT2D eigenvalue weighted by atomic mass is 32.2. The summed E-state index contributed by atoms with van der Waals surface area (Å²) < 4.78 is 0. The fraction of sp³-hybridized carbons (Fsp3) is 0.267. The van der Waals surface area contributed by atoms with Crippen molar-refractivity contribution in [2.75, 3.05) is 4.90 Å². The number of para-hydroxylation sites is 1. The average molecular weight is 285 g/mol. The lowest BCUT2D eigenvalue weighted by molar-refractivity contribution is 0.757. The van der Waals surface area contributed by atoms with Gasteiger partial charge in [-0.3, -0.25) is 4.98 Å². The van der Waals surface area contributed by atoms with Crippen LogP contribution in [-0.2, 0) is 0 Å². The van der Waals surface area contributed by atoms with E-state index in [9.17, 15) is 0 Å². The van der Waals surface area contributed by atoms with E-state index in [1.807, 2.05) is 23.5 Å². The second-order valence-electron chi connectivity index (χ2n) is 4.86. The molecule has 2 aliphatic rings. The van der Waals surface area contributed by atoms with Crippen molar-refractivity contribution in [3.8, 4) is 0 Å². The summed E-state index contributed by atoms with van der Waals surface area (Å²) in [5, 5.41) is 0.513. The molecule has 1 aliphatic heterocycles. The minimum Gasteiger partial charge on any atom is -0.326 e. The van der Waals surface area contributed by atoms with Gasteiger partial charge in [-0.05, 0) is 30.9 Å². The Kier molecular flexibility index (Phi) is 2.85. The van der Waals surface area contributed by atoms with Crippen molar-refractivity contribution in [3.63, 3.8) is 0 Å². The highest BCUT2D eigenvalue weighted by molar-refractivity contribution is 8.09. The molecule has 0 amide bonds. The Labute approximate surface area is 121 Å². The van der Waals surface area contributed by atoms with Crippen molar-refractivity contribution in [1.82, 2.24) is 4.98 Å². The third kappa shape index (κ3) is 2.19. The number of aromatic nitrogens is 1. The molecule has 1 radical (unpaired) electrons. The van der Waals surface area contributed by atoms with Crippen LogP contribution in [0.3, 0.4) is 0 Å². The van der Waals surface area contributed by atoms with Gasteiger partial charge in [-0.15, -0.1) is 11.3 Å². The van der Waals surface area contributed by atoms with E-state index in [2.05, 4.69) is 46.4 Å². The Balaban J connectivity index is 1.69. The van der Waals surface area contributed by atoms with Crippen molar-refractivity contribution in [2.45, 2.75) is 18.2 Å². The minimum absolute atomic E-state index is 0.513. The van der Waals surface area contributed by atoms with Crippen LogP contribution in [0, 0.1) is 12.1 Å². The third-order valence-electron chi connectivity index (χ3n) is 3.43. The standard InChI is InChI=1S/C15H13N2S2/c1-2-4-12(5-3-1)17-9-14(13-8-16-10-18-13)19-15(17)11-6-7-11/h1-5,8,10-11,15H,6-7H2. The van der Waals surface area contributed by atoms with Gasteiger partial charge >= 0.3 is 0 Å². The topological polar surface area (TPSA) is 16.1 Å². The first kappa shape index (κ1) is 11.6. The molecule has 2 heterocycles. The van der Waals surface area contributed by atoms with Gasteiger partial charge in [0.15, 0.2) is 0 Å². The van der Waals surface area contributed by atoms with Gasteiger partial charge < -0.3 is 4.90 Å². The van der Waals surface area contributed by atoms with Gasteiger partial charge in [0.05, 0.1) is 26.9 Å². The monoisotopic (exact) mass is 285 g/mol. The molecule has 1 aliphatic carbocycles. The maximum Gasteiger partial charge on any atom is 0.0876 e. The molecule has 2 nitrogen and oxygen atoms in total. The van der Waals surface area contributed by atoms with Crippen LogP contribution in [0.5, 0.6) is 0 Å². The molecule has 1 aromatic heterocycles. The average Bonchev–Trinajstić information content (AvgIpc) is 3.00. The summed E-state index contributed by atoms with van der Waals surface area (Å²) in [7, 11) is 0. The lowest BCUT2D eigenvalue weighted by atomic mass is 10.2. The molecule has 19 heavy (non-hydrogen) atoms. The van der Waals surface area contributed by atoms with Crippen molar-refractivity contribution in [2.24, 2.45) is 5.92 Å². The Morgan fingerprint density at radius 1 is 1.21 bits per heavy atom. The summed E-state index contributed by atoms with van der Waals surface area (Å²) >= 11 is 3.64. The van der Waals surface area contributed by atoms with Gasteiger partial charge in [0.2, 0.25) is 0 Å². The molecule has 1 unspecified atom stereocenters. The molecule has 95 valence electrons. The van der Waals surface area contributed by atoms with E-state index in [1.54, 1.807) is 11.3 Å². The third-order valence-corrected chi connectivity index (χ3v) is 5.73. The number of benzene rings is 1. The molecule has 4 heteroatoms. The zero-order chi connectivity index (χ0) is 12.7. The molecule has 0 N–H and O–H groups in total. The number of hydrogen-bond donors (Lipinski definition) is 0. The summed E-state index contributed by atoms with van der Waals surface area (Å²) in [6, 6.07) is 10.6. The summed E-state index contributed by atoms with van der Waals surface area (Å²) in [6.07, 6.45) is 8.20. The maximum absolute atomic E-state index is 4.18. The van der Waals surface area contributed by atoms with E-state index in [0.29, 0.717) is 5.37 Å². The van der Waals surface area contributed by atoms with Crippen LogP contribution in [0.15, 0.2) is 42.0 Å². The van der Waals surface area contributed by atoms with Gasteiger partial charge in [0.1, 0.15) is 0 Å². The van der Waals surface area contributed by atoms with E-state index in [4.69, 9.17) is 0 Å². The molecule has 0 saturated heterocycles. The van der Waals surface area contributed by atoms with Gasteiger partial charge in [-0.25, -0.2) is 0 Å². The number of hydrogen-bond acceptors (Lipinski definition) is 4. The Morgan fingerprint density at radius 3 is 2.74 bits per heavy atom. The van der Waals surface area contributed by atoms with Crippen molar-refractivity contribution >= 4 is 33.7 Å². The normalized spacial score (nSPS) is 22.6. The summed E-state index contributed by atoms with van der Waals surface area (Å²) in [5.74, 6) is 0.808. The fourth-order valence-corrected chi connectivity index (χ4v) is 4.41. The fourth-order valence-electron chi connectivity index (χ4n) is 2.30. The summed E-state index contributed by atoms with van der Waals surface area (Å²) in [4.78, 5) is 8.96. The SMILES string of the molecule is [C]1=C(c2cncs2)SC(C2CC2)N1c1ccccc1. The second-order valence-corrected chi connectivity index (χ2v) is 6.87. The largest absolute Gasteiger partial charge is 0.326 e. The van der Waals surface area contributed by atoms with Crippen molar-refractivity contribution in [1.29, 1.82) is 0 Å². The van der Waals surface area contributed by atoms with E-state index >= 15 is 0 Å². The van der Waals surface area contributed by atoms with Gasteiger partial charge in [-0.1, -0.05) is 30.0 Å². The Bertz CT molecular complexity index is 588. The number of anilines is 1. The zero-order valence-electron chi connectivity index (χ0n) is 10.3. The predicted molar refractivity (Wildman–Crippen MR) is 81.8 cm³/mol. The number of nitrogens with zero attached hydrogens (tertiary/aromatic N) is 2. The van der Waals surface area contributed by atoms with Crippen LogP contribution < -0.4 is 4.90 Å². The van der Waals surface area contributed by atoms with Crippen LogP contribution in [-0.4, -0.2) is 10.4 Å². The van der Waals surface area contributed by atoms with Crippen LogP contribution in [0.25, 0.3) is 4.91 Å². The van der Waals surface area contributed by atoms with Crippen LogP contribution in [0.2, 0.25) is 0 Å². The first-order chi connectivity index (χ1) is 9.42. The quantitative estimate of drug-likeness (QED) is 0.839. The number of thiazole rings is 1. The lowest BCUT2D eigenvalue weighted by Gasteiger charge is -2.23. The van der Waals surface area contributed by atoms with Crippen molar-refractivity contribution < 1.29 is 0 Å². The smallest absolute Gasteiger partial charge is 0.0876 e. The van der Waals surface area contributed by atoms with E-state index in [1.165, 1.54) is 28.3 Å². The molecule has 4 rings (SSSR count). The zero-order valence-corrected chi connectivity index (χ0v) is 12.0. The minimum atomic E-state index is 0.513. The first-order valence-electron chi connectivity index (χ1n) is 6.45. The maximum atomic E-state index is 4.18. The lowest BCUT2D eigenvalue weighted by Crippen LogP contribution is -2.26. The molecule has 1 aromatic carbocycles. The second kappa shape index (κ2) is 4.69. The van der Waals surface area contributed by atoms with E-state index < -0.39 is 0 Å². The van der Waals surface area contributed by atoms with Crippen LogP contribution in [0.4, 0.5) is 5.69 Å². The van der Waals surface area contributed by atoms with E-state index in [0.717, 1.165) is 5.92 Å². The number of rotatable bonds is 3. The highest BCUT2D eigenvalue weighted by Gasteiger charge is 2.40.